The van der Waals surface area contributed by atoms with E-state index >= 15 is 0 Å². The van der Waals surface area contributed by atoms with Crippen LogP contribution in [0, 0.1) is 12.8 Å². The summed E-state index contributed by atoms with van der Waals surface area (Å²) in [5.41, 5.74) is 5.26. The number of nitrogens with one attached hydrogen (secondary N) is 2. The topological polar surface area (TPSA) is 37.0 Å². The second-order valence-corrected chi connectivity index (χ2v) is 10.0. The molecule has 172 valence electrons. The predicted molar refractivity (Wildman–Crippen MR) is 139 cm³/mol. The molecule has 0 aliphatic rings. The third-order valence-electron chi connectivity index (χ3n) is 6.35. The van der Waals surface area contributed by atoms with Crippen LogP contribution in [0.15, 0.2) is 79.0 Å². The molecule has 0 saturated heterocycles. The molecule has 33 heavy (non-hydrogen) atoms. The summed E-state index contributed by atoms with van der Waals surface area (Å²) in [6.45, 7) is 10.0. The summed E-state index contributed by atoms with van der Waals surface area (Å²) in [7, 11) is 0. The van der Waals surface area contributed by atoms with E-state index < -0.39 is 0 Å². The maximum atomic E-state index is 5.96. The van der Waals surface area contributed by atoms with E-state index in [1.807, 2.05) is 18.3 Å². The van der Waals surface area contributed by atoms with Crippen LogP contribution in [0.3, 0.4) is 0 Å². The Bertz CT molecular complexity index is 1160. The van der Waals surface area contributed by atoms with Crippen LogP contribution >= 0.6 is 0 Å². The minimum absolute atomic E-state index is 0.0360. The molecule has 0 amide bonds. The van der Waals surface area contributed by atoms with Crippen LogP contribution < -0.4 is 10.1 Å². The first-order valence-corrected chi connectivity index (χ1v) is 12.0. The highest BCUT2D eigenvalue weighted by Gasteiger charge is 2.19. The van der Waals surface area contributed by atoms with E-state index in [0.29, 0.717) is 5.92 Å². The first-order chi connectivity index (χ1) is 15.9. The number of hydrogen-bond donors (Lipinski definition) is 2. The fourth-order valence-electron chi connectivity index (χ4n) is 4.31. The minimum Gasteiger partial charge on any atom is -0.457 e. The Morgan fingerprint density at radius 3 is 2.33 bits per heavy atom. The van der Waals surface area contributed by atoms with Crippen LogP contribution in [0.2, 0.25) is 0 Å². The molecule has 0 saturated carbocycles. The number of aryl methyl sites for hydroxylation is 2. The third-order valence-corrected chi connectivity index (χ3v) is 6.35. The van der Waals surface area contributed by atoms with Gasteiger partial charge in [0.25, 0.3) is 0 Å². The predicted octanol–water partition coefficient (Wildman–Crippen LogP) is 7.45. The largest absolute Gasteiger partial charge is 0.457 e. The summed E-state index contributed by atoms with van der Waals surface area (Å²) >= 11 is 0. The monoisotopic (exact) mass is 440 g/mol. The van der Waals surface area contributed by atoms with Gasteiger partial charge in [-0.3, -0.25) is 0 Å². The first kappa shape index (κ1) is 23.1. The smallest absolute Gasteiger partial charge is 0.127 e. The Morgan fingerprint density at radius 1 is 0.909 bits per heavy atom. The second-order valence-electron chi connectivity index (χ2n) is 10.0. The quantitative estimate of drug-likeness (QED) is 0.269. The average Bonchev–Trinajstić information content (AvgIpc) is 3.29. The van der Waals surface area contributed by atoms with E-state index in [-0.39, 0.29) is 5.54 Å². The van der Waals surface area contributed by atoms with Gasteiger partial charge in [-0.15, -0.1) is 0 Å². The van der Waals surface area contributed by atoms with Crippen molar-refractivity contribution in [3.8, 4) is 11.5 Å². The van der Waals surface area contributed by atoms with E-state index in [1.54, 1.807) is 0 Å². The molecule has 3 aromatic carbocycles. The lowest BCUT2D eigenvalue weighted by Crippen LogP contribution is -2.43. The molecule has 3 heteroatoms. The zero-order valence-corrected chi connectivity index (χ0v) is 20.3. The van der Waals surface area contributed by atoms with Crippen molar-refractivity contribution in [1.29, 1.82) is 0 Å². The Labute approximate surface area is 198 Å². The number of ether oxygens (including phenoxy) is 1. The normalized spacial score (nSPS) is 12.7. The van der Waals surface area contributed by atoms with Crippen LogP contribution in [0.4, 0.5) is 0 Å². The summed E-state index contributed by atoms with van der Waals surface area (Å²) in [5, 5.41) is 5.15. The van der Waals surface area contributed by atoms with Gasteiger partial charge in [-0.05, 0) is 100 Å². The highest BCUT2D eigenvalue weighted by Crippen LogP contribution is 2.24. The highest BCUT2D eigenvalue weighted by atomic mass is 16.5. The van der Waals surface area contributed by atoms with Crippen molar-refractivity contribution >= 4 is 10.9 Å². The molecule has 1 heterocycles. The van der Waals surface area contributed by atoms with E-state index in [2.05, 4.69) is 98.7 Å². The number of rotatable bonds is 10. The van der Waals surface area contributed by atoms with Gasteiger partial charge < -0.3 is 15.0 Å². The van der Waals surface area contributed by atoms with Crippen molar-refractivity contribution in [1.82, 2.24) is 10.3 Å². The molecule has 1 atom stereocenters. The summed E-state index contributed by atoms with van der Waals surface area (Å²) in [6, 6.07) is 25.4. The van der Waals surface area contributed by atoms with Crippen molar-refractivity contribution in [3.63, 3.8) is 0 Å². The molecule has 1 aromatic heterocycles. The molecule has 0 radical (unpaired) electrons. The summed E-state index contributed by atoms with van der Waals surface area (Å²) in [5.74, 6) is 2.36. The first-order valence-electron chi connectivity index (χ1n) is 12.0. The zero-order valence-electron chi connectivity index (χ0n) is 20.3. The molecule has 1 unspecified atom stereocenters. The molecule has 0 bridgehead atoms. The van der Waals surface area contributed by atoms with Gasteiger partial charge in [0.15, 0.2) is 0 Å². The number of H-pyrrole nitrogens is 1. The molecule has 2 N–H and O–H groups in total. The third kappa shape index (κ3) is 6.49. The lowest BCUT2D eigenvalue weighted by atomic mass is 9.93. The summed E-state index contributed by atoms with van der Waals surface area (Å²) in [6.07, 6.45) is 5.30. The van der Waals surface area contributed by atoms with Crippen LogP contribution in [0.1, 0.15) is 43.9 Å². The SMILES string of the molecule is Cc1ccc(Oc2ccc(CC(C)(C)NCC(C)CCc3cccc4[nH]ccc34)cc2)cc1. The van der Waals surface area contributed by atoms with Crippen LogP contribution in [-0.2, 0) is 12.8 Å². The minimum atomic E-state index is 0.0360. The van der Waals surface area contributed by atoms with Crippen molar-refractivity contribution < 1.29 is 4.74 Å². The molecule has 4 rings (SSSR count). The summed E-state index contributed by atoms with van der Waals surface area (Å²) < 4.78 is 5.96. The molecule has 3 nitrogen and oxygen atoms in total. The highest BCUT2D eigenvalue weighted by molar-refractivity contribution is 5.82. The van der Waals surface area contributed by atoms with Gasteiger partial charge in [-0.25, -0.2) is 0 Å². The number of fused-ring (bicyclic) bond motifs is 1. The number of hydrogen-bond acceptors (Lipinski definition) is 2. The molecule has 4 aromatic rings. The molecule has 0 aliphatic heterocycles. The van der Waals surface area contributed by atoms with Gasteiger partial charge >= 0.3 is 0 Å². The maximum absolute atomic E-state index is 5.96. The van der Waals surface area contributed by atoms with Gasteiger partial charge in [0.2, 0.25) is 0 Å². The Hall–Kier alpha value is -3.04. The van der Waals surface area contributed by atoms with Gasteiger partial charge in [0.05, 0.1) is 0 Å². The standard InChI is InChI=1S/C30H36N2O/c1-22-9-14-26(15-10-22)33-27-16-11-24(12-17-27)20-30(3,4)32-21-23(2)8-13-25-6-5-7-29-28(25)18-19-31-29/h5-7,9-12,14-19,23,31-32H,8,13,20-21H2,1-4H3. The lowest BCUT2D eigenvalue weighted by Gasteiger charge is -2.28. The fourth-order valence-corrected chi connectivity index (χ4v) is 4.31. The Balaban J connectivity index is 1.25. The van der Waals surface area contributed by atoms with Gasteiger partial charge in [0, 0.05) is 22.6 Å². The van der Waals surface area contributed by atoms with Crippen LogP contribution in [0.5, 0.6) is 11.5 Å². The van der Waals surface area contributed by atoms with E-state index in [0.717, 1.165) is 30.9 Å². The zero-order chi connectivity index (χ0) is 23.3. The number of benzene rings is 3. The van der Waals surface area contributed by atoms with Crippen LogP contribution in [0.25, 0.3) is 10.9 Å². The van der Waals surface area contributed by atoms with Gasteiger partial charge in [0.1, 0.15) is 11.5 Å². The van der Waals surface area contributed by atoms with Gasteiger partial charge in [-0.1, -0.05) is 48.9 Å². The van der Waals surface area contributed by atoms with E-state index in [1.165, 1.54) is 34.0 Å². The summed E-state index contributed by atoms with van der Waals surface area (Å²) in [4.78, 5) is 3.31. The van der Waals surface area contributed by atoms with Crippen LogP contribution in [-0.4, -0.2) is 17.1 Å². The lowest BCUT2D eigenvalue weighted by molar-refractivity contribution is 0.346. The van der Waals surface area contributed by atoms with Gasteiger partial charge in [-0.2, -0.15) is 0 Å². The van der Waals surface area contributed by atoms with Crippen molar-refractivity contribution in [2.75, 3.05) is 6.54 Å². The fraction of sp³-hybridized carbons (Fsp3) is 0.333. The second kappa shape index (κ2) is 10.3. The van der Waals surface area contributed by atoms with E-state index in [9.17, 15) is 0 Å². The van der Waals surface area contributed by atoms with Crippen molar-refractivity contribution in [2.45, 2.75) is 52.5 Å². The molecule has 0 spiro atoms. The molecule has 0 fully saturated rings. The number of aromatic amines is 1. The van der Waals surface area contributed by atoms with Crippen molar-refractivity contribution in [3.05, 3.63) is 95.7 Å². The maximum Gasteiger partial charge on any atom is 0.127 e. The Kier molecular flexibility index (Phi) is 7.20. The molecular formula is C30H36N2O. The molecular weight excluding hydrogens is 404 g/mol. The average molecular weight is 441 g/mol. The Morgan fingerprint density at radius 2 is 1.61 bits per heavy atom. The van der Waals surface area contributed by atoms with E-state index in [4.69, 9.17) is 4.74 Å². The van der Waals surface area contributed by atoms with Crippen molar-refractivity contribution in [2.24, 2.45) is 5.92 Å². The molecule has 0 aliphatic carbocycles. The number of aromatic nitrogens is 1.